The van der Waals surface area contributed by atoms with Gasteiger partial charge in [-0.05, 0) is 12.3 Å². The summed E-state index contributed by atoms with van der Waals surface area (Å²) in [6.07, 6.45) is 0.721. The van der Waals surface area contributed by atoms with Crippen LogP contribution in [0.5, 0.6) is 0 Å². The number of aliphatic hydroxyl groups excluding tert-OH is 1. The van der Waals surface area contributed by atoms with Crippen LogP contribution in [0.15, 0.2) is 12.2 Å². The number of carbonyl (C=O) groups excluding carboxylic acids is 3. The molecule has 3 unspecified atom stereocenters. The van der Waals surface area contributed by atoms with Crippen molar-refractivity contribution in [3.8, 4) is 0 Å². The van der Waals surface area contributed by atoms with E-state index >= 15 is 0 Å². The fourth-order valence-electron chi connectivity index (χ4n) is 2.53. The van der Waals surface area contributed by atoms with Gasteiger partial charge in [-0.3, -0.25) is 14.4 Å². The summed E-state index contributed by atoms with van der Waals surface area (Å²) in [6, 6.07) is 0. The lowest BCUT2D eigenvalue weighted by atomic mass is 9.99. The molecule has 0 spiro atoms. The Labute approximate surface area is 179 Å². The zero-order valence-electron chi connectivity index (χ0n) is 17.4. The highest BCUT2D eigenvalue weighted by molar-refractivity contribution is 8.76. The lowest BCUT2D eigenvalue weighted by molar-refractivity contribution is -0.230. The SMILES string of the molecule is CC(=O)OCC1O[C@@H](SSC/C=C\CC(C)C)C(OC(C)=O)C(OC(C)=O)[C@@H]1O. The Morgan fingerprint density at radius 1 is 1.03 bits per heavy atom. The summed E-state index contributed by atoms with van der Waals surface area (Å²) < 4.78 is 21.3. The summed E-state index contributed by atoms with van der Waals surface area (Å²) in [5, 5.41) is 10.6. The molecule has 1 N–H and O–H groups in total. The van der Waals surface area contributed by atoms with E-state index in [2.05, 4.69) is 19.9 Å². The second kappa shape index (κ2) is 13.1. The first-order chi connectivity index (χ1) is 13.6. The lowest BCUT2D eigenvalue weighted by Gasteiger charge is -2.42. The highest BCUT2D eigenvalue weighted by Gasteiger charge is 2.50. The highest BCUT2D eigenvalue weighted by Crippen LogP contribution is 2.38. The predicted octanol–water partition coefficient (Wildman–Crippen LogP) is 2.48. The molecule has 8 nitrogen and oxygen atoms in total. The summed E-state index contributed by atoms with van der Waals surface area (Å²) in [5.41, 5.74) is -0.726. The fraction of sp³-hybridized carbons (Fsp3) is 0.737. The van der Waals surface area contributed by atoms with E-state index < -0.39 is 47.8 Å². The lowest BCUT2D eigenvalue weighted by Crippen LogP contribution is -2.60. The second-order valence-electron chi connectivity index (χ2n) is 6.97. The number of aliphatic hydroxyl groups is 1. The van der Waals surface area contributed by atoms with Crippen LogP contribution in [0, 0.1) is 5.92 Å². The monoisotopic (exact) mass is 450 g/mol. The minimum atomic E-state index is -1.32. The Bertz CT molecular complexity index is 581. The van der Waals surface area contributed by atoms with E-state index in [1.807, 2.05) is 6.08 Å². The zero-order chi connectivity index (χ0) is 22.0. The van der Waals surface area contributed by atoms with Gasteiger partial charge in [0.05, 0.1) is 0 Å². The van der Waals surface area contributed by atoms with Crippen molar-refractivity contribution in [1.82, 2.24) is 0 Å². The molecule has 10 heteroatoms. The van der Waals surface area contributed by atoms with Crippen LogP contribution in [-0.2, 0) is 33.3 Å². The largest absolute Gasteiger partial charge is 0.463 e. The first-order valence-electron chi connectivity index (χ1n) is 9.36. The van der Waals surface area contributed by atoms with Gasteiger partial charge in [0.1, 0.15) is 18.8 Å². The van der Waals surface area contributed by atoms with Crippen molar-refractivity contribution in [1.29, 1.82) is 0 Å². The van der Waals surface area contributed by atoms with E-state index in [1.165, 1.54) is 42.4 Å². The van der Waals surface area contributed by atoms with E-state index in [0.29, 0.717) is 11.7 Å². The molecule has 1 heterocycles. The number of rotatable bonds is 10. The molecule has 0 radical (unpaired) electrons. The van der Waals surface area contributed by atoms with Crippen molar-refractivity contribution in [2.24, 2.45) is 5.92 Å². The maximum atomic E-state index is 11.6. The Balaban J connectivity index is 2.88. The van der Waals surface area contributed by atoms with Gasteiger partial charge in [-0.15, -0.1) is 0 Å². The topological polar surface area (TPSA) is 108 Å². The number of esters is 3. The van der Waals surface area contributed by atoms with Crippen molar-refractivity contribution < 1.29 is 38.4 Å². The van der Waals surface area contributed by atoms with Crippen LogP contribution in [-0.4, -0.2) is 65.2 Å². The molecule has 1 aliphatic heterocycles. The summed E-state index contributed by atoms with van der Waals surface area (Å²) in [7, 11) is 2.77. The van der Waals surface area contributed by atoms with Gasteiger partial charge in [-0.1, -0.05) is 47.6 Å². The van der Waals surface area contributed by atoms with Gasteiger partial charge in [0.25, 0.3) is 0 Å². The normalized spacial score (nSPS) is 27.1. The molecule has 166 valence electrons. The molecular weight excluding hydrogens is 420 g/mol. The van der Waals surface area contributed by atoms with Gasteiger partial charge in [0.15, 0.2) is 17.6 Å². The Kier molecular flexibility index (Phi) is 11.7. The molecule has 0 aliphatic carbocycles. The van der Waals surface area contributed by atoms with Gasteiger partial charge >= 0.3 is 17.9 Å². The van der Waals surface area contributed by atoms with Crippen LogP contribution >= 0.6 is 21.6 Å². The zero-order valence-corrected chi connectivity index (χ0v) is 19.0. The van der Waals surface area contributed by atoms with E-state index in [0.717, 1.165) is 6.42 Å². The summed E-state index contributed by atoms with van der Waals surface area (Å²) >= 11 is 0. The molecule has 1 saturated heterocycles. The van der Waals surface area contributed by atoms with Crippen LogP contribution in [0.25, 0.3) is 0 Å². The minimum Gasteiger partial charge on any atom is -0.463 e. The highest BCUT2D eigenvalue weighted by atomic mass is 33.1. The van der Waals surface area contributed by atoms with E-state index in [1.54, 1.807) is 0 Å². The fourth-order valence-corrected chi connectivity index (χ4v) is 4.80. The second-order valence-corrected chi connectivity index (χ2v) is 9.48. The number of carbonyl (C=O) groups is 3. The van der Waals surface area contributed by atoms with Crippen LogP contribution < -0.4 is 0 Å². The maximum absolute atomic E-state index is 11.6. The van der Waals surface area contributed by atoms with Crippen LogP contribution in [0.4, 0.5) is 0 Å². The summed E-state index contributed by atoms with van der Waals surface area (Å²) in [6.45, 7) is 7.73. The van der Waals surface area contributed by atoms with Crippen LogP contribution in [0.3, 0.4) is 0 Å². The molecule has 5 atom stereocenters. The van der Waals surface area contributed by atoms with Crippen molar-refractivity contribution >= 4 is 39.5 Å². The predicted molar refractivity (Wildman–Crippen MR) is 111 cm³/mol. The Morgan fingerprint density at radius 2 is 1.66 bits per heavy atom. The quantitative estimate of drug-likeness (QED) is 0.175. The van der Waals surface area contributed by atoms with E-state index in [-0.39, 0.29) is 6.61 Å². The van der Waals surface area contributed by atoms with Crippen molar-refractivity contribution in [2.45, 2.75) is 70.9 Å². The van der Waals surface area contributed by atoms with Crippen LogP contribution in [0.2, 0.25) is 0 Å². The average molecular weight is 451 g/mol. The van der Waals surface area contributed by atoms with Gasteiger partial charge in [0.2, 0.25) is 0 Å². The summed E-state index contributed by atoms with van der Waals surface area (Å²) in [5.74, 6) is -0.478. The molecule has 1 aliphatic rings. The first-order valence-corrected chi connectivity index (χ1v) is 11.7. The Morgan fingerprint density at radius 3 is 2.21 bits per heavy atom. The van der Waals surface area contributed by atoms with Gasteiger partial charge < -0.3 is 24.1 Å². The molecule has 0 aromatic heterocycles. The molecule has 0 amide bonds. The maximum Gasteiger partial charge on any atom is 0.303 e. The van der Waals surface area contributed by atoms with Gasteiger partial charge in [-0.2, -0.15) is 0 Å². The number of ether oxygens (including phenoxy) is 4. The van der Waals surface area contributed by atoms with E-state index in [9.17, 15) is 19.5 Å². The minimum absolute atomic E-state index is 0.211. The van der Waals surface area contributed by atoms with Crippen molar-refractivity contribution in [2.75, 3.05) is 12.4 Å². The van der Waals surface area contributed by atoms with Crippen molar-refractivity contribution in [3.63, 3.8) is 0 Å². The number of hydrogen-bond acceptors (Lipinski definition) is 10. The van der Waals surface area contributed by atoms with Crippen molar-refractivity contribution in [3.05, 3.63) is 12.2 Å². The third-order valence-corrected chi connectivity index (χ3v) is 6.19. The van der Waals surface area contributed by atoms with E-state index in [4.69, 9.17) is 18.9 Å². The molecule has 1 rings (SSSR count). The molecule has 29 heavy (non-hydrogen) atoms. The number of hydrogen-bond donors (Lipinski definition) is 1. The molecule has 0 aromatic carbocycles. The molecule has 0 saturated carbocycles. The molecule has 1 fully saturated rings. The van der Waals surface area contributed by atoms with Gasteiger partial charge in [-0.25, -0.2) is 0 Å². The standard InChI is InChI=1S/C19H30O8S2/c1-11(2)8-6-7-9-28-29-19-18(26-14(5)22)17(25-13(4)21)16(23)15(27-19)10-24-12(3)20/h6-7,11,15-19,23H,8-10H2,1-5H3/b7-6-/t15?,16-,17?,18?,19+/m1/s1. The summed E-state index contributed by atoms with van der Waals surface area (Å²) in [4.78, 5) is 34.2. The van der Waals surface area contributed by atoms with Crippen LogP contribution in [0.1, 0.15) is 41.0 Å². The molecular formula is C19H30O8S2. The van der Waals surface area contributed by atoms with Gasteiger partial charge in [0, 0.05) is 26.5 Å². The third kappa shape index (κ3) is 9.88. The Hall–Kier alpha value is -1.23. The third-order valence-electron chi connectivity index (χ3n) is 3.77. The average Bonchev–Trinajstić information content (AvgIpc) is 2.60. The molecule has 0 bridgehead atoms. The smallest absolute Gasteiger partial charge is 0.303 e. The molecule has 0 aromatic rings. The first kappa shape index (κ1) is 25.8. The number of allylic oxidation sites excluding steroid dienone is 1.